The van der Waals surface area contributed by atoms with Crippen molar-refractivity contribution >= 4 is 5.91 Å². The van der Waals surface area contributed by atoms with Gasteiger partial charge in [-0.05, 0) is 50.3 Å². The van der Waals surface area contributed by atoms with Gasteiger partial charge in [0.15, 0.2) is 0 Å². The molecule has 1 aliphatic heterocycles. The van der Waals surface area contributed by atoms with E-state index in [0.717, 1.165) is 38.4 Å². The molecule has 1 saturated carbocycles. The third kappa shape index (κ3) is 2.66. The summed E-state index contributed by atoms with van der Waals surface area (Å²) in [6, 6.07) is 10.3. The number of hydrogen-bond acceptors (Lipinski definition) is 2. The van der Waals surface area contributed by atoms with Gasteiger partial charge in [0.05, 0.1) is 5.41 Å². The van der Waals surface area contributed by atoms with Gasteiger partial charge in [0, 0.05) is 6.54 Å². The maximum absolute atomic E-state index is 12.7. The molecule has 0 atom stereocenters. The third-order valence-corrected chi connectivity index (χ3v) is 4.47. The highest BCUT2D eigenvalue weighted by molar-refractivity contribution is 5.88. The fourth-order valence-corrected chi connectivity index (χ4v) is 2.99. The zero-order valence-electron chi connectivity index (χ0n) is 11.3. The van der Waals surface area contributed by atoms with Gasteiger partial charge in [0.25, 0.3) is 0 Å². The molecule has 0 aromatic heterocycles. The normalized spacial score (nSPS) is 21.9. The van der Waals surface area contributed by atoms with Crippen molar-refractivity contribution in [2.45, 2.75) is 31.1 Å². The van der Waals surface area contributed by atoms with E-state index >= 15 is 0 Å². The number of carbonyl (C=O) groups excluding carboxylic acids is 1. The number of amides is 1. The van der Waals surface area contributed by atoms with Crippen LogP contribution in [0.15, 0.2) is 30.3 Å². The lowest BCUT2D eigenvalue weighted by Gasteiger charge is -2.36. The largest absolute Gasteiger partial charge is 0.355 e. The highest BCUT2D eigenvalue weighted by Crippen LogP contribution is 2.34. The second kappa shape index (κ2) is 5.33. The van der Waals surface area contributed by atoms with Crippen LogP contribution in [0.1, 0.15) is 31.2 Å². The molecule has 1 aromatic carbocycles. The number of piperidine rings is 1. The molecule has 19 heavy (non-hydrogen) atoms. The van der Waals surface area contributed by atoms with E-state index in [1.165, 1.54) is 18.4 Å². The maximum atomic E-state index is 12.7. The molecule has 2 fully saturated rings. The molecular formula is C16H22N2O. The number of rotatable bonds is 4. The minimum absolute atomic E-state index is 0.229. The zero-order valence-corrected chi connectivity index (χ0v) is 11.3. The molecule has 2 N–H and O–H groups in total. The summed E-state index contributed by atoms with van der Waals surface area (Å²) in [5.74, 6) is 0.964. The lowest BCUT2D eigenvalue weighted by Crippen LogP contribution is -2.51. The molecule has 1 amide bonds. The minimum Gasteiger partial charge on any atom is -0.355 e. The number of hydrogen-bond donors (Lipinski definition) is 2. The third-order valence-electron chi connectivity index (χ3n) is 4.47. The highest BCUT2D eigenvalue weighted by atomic mass is 16.2. The Kier molecular flexibility index (Phi) is 3.56. The molecule has 0 unspecified atom stereocenters. The summed E-state index contributed by atoms with van der Waals surface area (Å²) in [7, 11) is 0. The smallest absolute Gasteiger partial charge is 0.230 e. The first-order valence-corrected chi connectivity index (χ1v) is 7.36. The summed E-state index contributed by atoms with van der Waals surface area (Å²) in [4.78, 5) is 12.7. The number of nitrogens with one attached hydrogen (secondary N) is 2. The van der Waals surface area contributed by atoms with Crippen molar-refractivity contribution in [2.24, 2.45) is 5.92 Å². The summed E-state index contributed by atoms with van der Waals surface area (Å²) in [5, 5.41) is 6.55. The topological polar surface area (TPSA) is 41.1 Å². The van der Waals surface area contributed by atoms with Crippen LogP contribution in [0.25, 0.3) is 0 Å². The highest BCUT2D eigenvalue weighted by Gasteiger charge is 2.41. The standard InChI is InChI=1S/C16H22N2O/c19-15(18-12-13-6-7-13)16(8-10-17-11-9-16)14-4-2-1-3-5-14/h1-5,13,17H,6-12H2,(H,18,19). The number of benzene rings is 1. The van der Waals surface area contributed by atoms with Crippen LogP contribution in [0.2, 0.25) is 0 Å². The molecule has 1 aromatic rings. The van der Waals surface area contributed by atoms with Crippen molar-refractivity contribution < 1.29 is 4.79 Å². The van der Waals surface area contributed by atoms with E-state index in [4.69, 9.17) is 0 Å². The first kappa shape index (κ1) is 12.7. The summed E-state index contributed by atoms with van der Waals surface area (Å²) in [6.07, 6.45) is 4.35. The van der Waals surface area contributed by atoms with Gasteiger partial charge in [0.1, 0.15) is 0 Å². The summed E-state index contributed by atoms with van der Waals surface area (Å²) < 4.78 is 0. The van der Waals surface area contributed by atoms with E-state index in [2.05, 4.69) is 22.8 Å². The summed E-state index contributed by atoms with van der Waals surface area (Å²) in [6.45, 7) is 2.71. The predicted molar refractivity (Wildman–Crippen MR) is 76.0 cm³/mol. The lowest BCUT2D eigenvalue weighted by molar-refractivity contribution is -0.127. The molecule has 1 heterocycles. The Labute approximate surface area is 114 Å². The first-order chi connectivity index (χ1) is 9.31. The van der Waals surface area contributed by atoms with Crippen molar-refractivity contribution in [1.82, 2.24) is 10.6 Å². The van der Waals surface area contributed by atoms with Crippen LogP contribution in [0.4, 0.5) is 0 Å². The number of carbonyl (C=O) groups is 1. The zero-order chi connectivity index (χ0) is 13.1. The predicted octanol–water partition coefficient (Wildman–Crippen LogP) is 1.83. The van der Waals surface area contributed by atoms with Crippen LogP contribution >= 0.6 is 0 Å². The molecule has 1 aliphatic carbocycles. The summed E-state index contributed by atoms with van der Waals surface area (Å²) in [5.41, 5.74) is 0.853. The Bertz CT molecular complexity index is 433. The maximum Gasteiger partial charge on any atom is 0.230 e. The average molecular weight is 258 g/mol. The monoisotopic (exact) mass is 258 g/mol. The van der Waals surface area contributed by atoms with Crippen molar-refractivity contribution in [1.29, 1.82) is 0 Å². The van der Waals surface area contributed by atoms with Crippen LogP contribution < -0.4 is 10.6 Å². The minimum atomic E-state index is -0.318. The van der Waals surface area contributed by atoms with E-state index in [0.29, 0.717) is 0 Å². The fraction of sp³-hybridized carbons (Fsp3) is 0.562. The van der Waals surface area contributed by atoms with Gasteiger partial charge in [-0.1, -0.05) is 30.3 Å². The first-order valence-electron chi connectivity index (χ1n) is 7.36. The Hall–Kier alpha value is -1.35. The van der Waals surface area contributed by atoms with E-state index in [-0.39, 0.29) is 11.3 Å². The van der Waals surface area contributed by atoms with Crippen molar-refractivity contribution in [3.8, 4) is 0 Å². The van der Waals surface area contributed by atoms with Crippen molar-refractivity contribution in [3.05, 3.63) is 35.9 Å². The SMILES string of the molecule is O=C(NCC1CC1)C1(c2ccccc2)CCNCC1. The van der Waals surface area contributed by atoms with Crippen LogP contribution in [0.5, 0.6) is 0 Å². The average Bonchev–Trinajstić information content (AvgIpc) is 3.30. The summed E-state index contributed by atoms with van der Waals surface area (Å²) >= 11 is 0. The van der Waals surface area contributed by atoms with Gasteiger partial charge < -0.3 is 10.6 Å². The van der Waals surface area contributed by atoms with Crippen molar-refractivity contribution in [3.63, 3.8) is 0 Å². The Morgan fingerprint density at radius 3 is 2.53 bits per heavy atom. The van der Waals surface area contributed by atoms with E-state index in [9.17, 15) is 4.79 Å². The molecule has 1 saturated heterocycles. The molecule has 3 rings (SSSR count). The van der Waals surface area contributed by atoms with Crippen LogP contribution in [-0.4, -0.2) is 25.5 Å². The van der Waals surface area contributed by atoms with Gasteiger partial charge >= 0.3 is 0 Å². The quantitative estimate of drug-likeness (QED) is 0.865. The lowest BCUT2D eigenvalue weighted by atomic mass is 9.72. The fourth-order valence-electron chi connectivity index (χ4n) is 2.99. The van der Waals surface area contributed by atoms with Gasteiger partial charge in [-0.2, -0.15) is 0 Å². The van der Waals surface area contributed by atoms with Gasteiger partial charge in [-0.15, -0.1) is 0 Å². The Morgan fingerprint density at radius 2 is 1.89 bits per heavy atom. The molecular weight excluding hydrogens is 236 g/mol. The second-order valence-corrected chi connectivity index (χ2v) is 5.85. The Morgan fingerprint density at radius 1 is 1.21 bits per heavy atom. The second-order valence-electron chi connectivity index (χ2n) is 5.85. The van der Waals surface area contributed by atoms with Crippen LogP contribution in [0.3, 0.4) is 0 Å². The molecule has 0 bridgehead atoms. The van der Waals surface area contributed by atoms with Crippen molar-refractivity contribution in [2.75, 3.05) is 19.6 Å². The van der Waals surface area contributed by atoms with E-state index in [1.807, 2.05) is 18.2 Å². The van der Waals surface area contributed by atoms with Gasteiger partial charge in [-0.3, -0.25) is 4.79 Å². The molecule has 3 heteroatoms. The van der Waals surface area contributed by atoms with Crippen LogP contribution in [0, 0.1) is 5.92 Å². The van der Waals surface area contributed by atoms with E-state index in [1.54, 1.807) is 0 Å². The molecule has 2 aliphatic rings. The molecule has 0 radical (unpaired) electrons. The van der Waals surface area contributed by atoms with Gasteiger partial charge in [-0.25, -0.2) is 0 Å². The van der Waals surface area contributed by atoms with Gasteiger partial charge in [0.2, 0.25) is 5.91 Å². The molecule has 3 nitrogen and oxygen atoms in total. The van der Waals surface area contributed by atoms with Crippen LogP contribution in [-0.2, 0) is 10.2 Å². The molecule has 102 valence electrons. The Balaban J connectivity index is 1.80. The molecule has 0 spiro atoms. The van der Waals surface area contributed by atoms with E-state index < -0.39 is 0 Å².